The van der Waals surface area contributed by atoms with Gasteiger partial charge in [-0.1, -0.05) is 206 Å². The van der Waals surface area contributed by atoms with E-state index in [4.69, 9.17) is 0 Å². The maximum absolute atomic E-state index is 4.02. The van der Waals surface area contributed by atoms with E-state index in [2.05, 4.69) is 250 Å². The highest BCUT2D eigenvalue weighted by Gasteiger charge is 2.22. The van der Waals surface area contributed by atoms with Gasteiger partial charge in [-0.15, -0.1) is 0 Å². The van der Waals surface area contributed by atoms with Crippen LogP contribution in [0.3, 0.4) is 0 Å². The first-order valence-corrected chi connectivity index (χ1v) is 24.1. The third-order valence-electron chi connectivity index (χ3n) is 14.3. The van der Waals surface area contributed by atoms with Gasteiger partial charge in [0.2, 0.25) is 0 Å². The van der Waals surface area contributed by atoms with Crippen molar-refractivity contribution in [2.75, 3.05) is 0 Å². The minimum Gasteiger partial charge on any atom is -0.0616 e. The molecule has 0 unspecified atom stereocenters. The topological polar surface area (TPSA) is 0 Å². The fourth-order valence-electron chi connectivity index (χ4n) is 11.5. The molecule has 0 fully saturated rings. The van der Waals surface area contributed by atoms with Crippen LogP contribution in [0.2, 0.25) is 0 Å². The predicted octanol–water partition coefficient (Wildman–Crippen LogP) is 19.7. The van der Waals surface area contributed by atoms with Crippen molar-refractivity contribution in [3.05, 3.63) is 227 Å². The molecule has 0 heterocycles. The van der Waals surface area contributed by atoms with Gasteiger partial charge in [0.1, 0.15) is 0 Å². The fraction of sp³-hybridized carbons (Fsp3) is 0. The second-order valence-electron chi connectivity index (χ2n) is 17.6. The summed E-state index contributed by atoms with van der Waals surface area (Å²) in [4.78, 5) is 0. The smallest absolute Gasteiger partial charge is 0.0332 e. The molecule has 0 aliphatic carbocycles. The van der Waals surface area contributed by atoms with Crippen molar-refractivity contribution < 1.29 is 0 Å². The summed E-state index contributed by atoms with van der Waals surface area (Å²) in [5, 5.41) is 24.9. The highest BCUT2D eigenvalue weighted by molar-refractivity contribution is 9.11. The minimum atomic E-state index is 1.14. The number of hydrogen-bond acceptors (Lipinski definition) is 0. The maximum atomic E-state index is 4.02. The van der Waals surface area contributed by atoms with Crippen molar-refractivity contribution in [2.45, 2.75) is 0 Å². The SMILES string of the molecule is Brc1c2ccccc2c(-c2c3ccccc3cc3c2ccc2c(-c4cccc5c4ccc4c(-c6c7ccccc7c(Br)c7ccccc67)c6ccccc6cc45)cccc23)c2ccccc12. The molecule has 0 spiro atoms. The molecular formula is C64H36Br2. The number of benzene rings is 14. The zero-order chi connectivity index (χ0) is 43.6. The monoisotopic (exact) mass is 962 g/mol. The van der Waals surface area contributed by atoms with Gasteiger partial charge in [-0.05, 0) is 185 Å². The molecule has 0 aliphatic heterocycles. The fourth-order valence-corrected chi connectivity index (χ4v) is 12.9. The van der Waals surface area contributed by atoms with Crippen LogP contribution in [0.15, 0.2) is 227 Å². The molecule has 0 N–H and O–H groups in total. The number of fused-ring (bicyclic) bond motifs is 12. The lowest BCUT2D eigenvalue weighted by atomic mass is 9.83. The van der Waals surface area contributed by atoms with Crippen LogP contribution in [-0.4, -0.2) is 0 Å². The van der Waals surface area contributed by atoms with E-state index < -0.39 is 0 Å². The van der Waals surface area contributed by atoms with Crippen molar-refractivity contribution >= 4 is 140 Å². The summed E-state index contributed by atoms with van der Waals surface area (Å²) in [5.74, 6) is 0. The zero-order valence-corrected chi connectivity index (χ0v) is 38.7. The molecule has 0 atom stereocenters. The lowest BCUT2D eigenvalue weighted by Gasteiger charge is -2.20. The maximum Gasteiger partial charge on any atom is 0.0332 e. The van der Waals surface area contributed by atoms with Gasteiger partial charge >= 0.3 is 0 Å². The van der Waals surface area contributed by atoms with Crippen molar-refractivity contribution in [3.8, 4) is 33.4 Å². The van der Waals surface area contributed by atoms with E-state index in [1.807, 2.05) is 0 Å². The van der Waals surface area contributed by atoms with Crippen LogP contribution >= 0.6 is 31.9 Å². The highest BCUT2D eigenvalue weighted by Crippen LogP contribution is 2.50. The third kappa shape index (κ3) is 5.37. The minimum absolute atomic E-state index is 1.14. The molecule has 14 aromatic carbocycles. The van der Waals surface area contributed by atoms with Crippen LogP contribution in [0.4, 0.5) is 0 Å². The Labute approximate surface area is 397 Å². The van der Waals surface area contributed by atoms with Gasteiger partial charge in [-0.25, -0.2) is 0 Å². The van der Waals surface area contributed by atoms with Crippen molar-refractivity contribution in [3.63, 3.8) is 0 Å². The Kier molecular flexibility index (Phi) is 8.38. The van der Waals surface area contributed by atoms with Gasteiger partial charge in [0.15, 0.2) is 0 Å². The van der Waals surface area contributed by atoms with Gasteiger partial charge < -0.3 is 0 Å². The number of rotatable bonds is 3. The van der Waals surface area contributed by atoms with E-state index in [0.717, 1.165) is 8.95 Å². The van der Waals surface area contributed by atoms with E-state index in [-0.39, 0.29) is 0 Å². The summed E-state index contributed by atoms with van der Waals surface area (Å²) in [6.07, 6.45) is 0. The summed E-state index contributed by atoms with van der Waals surface area (Å²) in [6, 6.07) is 81.4. The molecule has 14 rings (SSSR count). The predicted molar refractivity (Wildman–Crippen MR) is 293 cm³/mol. The van der Waals surface area contributed by atoms with Crippen LogP contribution in [0.5, 0.6) is 0 Å². The lowest BCUT2D eigenvalue weighted by Crippen LogP contribution is -1.93. The molecule has 0 bridgehead atoms. The second kappa shape index (κ2) is 14.6. The molecule has 14 aromatic rings. The Morgan fingerprint density at radius 2 is 0.439 bits per heavy atom. The number of halogens is 2. The lowest BCUT2D eigenvalue weighted by molar-refractivity contribution is 1.70. The van der Waals surface area contributed by atoms with E-state index in [9.17, 15) is 0 Å². The zero-order valence-electron chi connectivity index (χ0n) is 35.5. The Morgan fingerprint density at radius 1 is 0.182 bits per heavy atom. The largest absolute Gasteiger partial charge is 0.0616 e. The first kappa shape index (κ1) is 38.0. The molecule has 2 heteroatoms. The number of hydrogen-bond donors (Lipinski definition) is 0. The molecule has 0 nitrogen and oxygen atoms in total. The molecule has 0 saturated carbocycles. The van der Waals surface area contributed by atoms with Gasteiger partial charge in [0.05, 0.1) is 0 Å². The normalized spacial score (nSPS) is 12.1. The van der Waals surface area contributed by atoms with E-state index in [0.29, 0.717) is 0 Å². The van der Waals surface area contributed by atoms with Crippen LogP contribution < -0.4 is 0 Å². The van der Waals surface area contributed by atoms with E-state index >= 15 is 0 Å². The van der Waals surface area contributed by atoms with Gasteiger partial charge in [0.25, 0.3) is 0 Å². The van der Waals surface area contributed by atoms with E-state index in [1.165, 1.54) is 141 Å². The van der Waals surface area contributed by atoms with E-state index in [1.54, 1.807) is 0 Å². The first-order valence-electron chi connectivity index (χ1n) is 22.6. The average molecular weight is 965 g/mol. The molecular weight excluding hydrogens is 929 g/mol. The molecule has 0 amide bonds. The molecule has 66 heavy (non-hydrogen) atoms. The Hall–Kier alpha value is -7.36. The third-order valence-corrected chi connectivity index (χ3v) is 16.0. The van der Waals surface area contributed by atoms with Gasteiger partial charge in [-0.3, -0.25) is 0 Å². The molecule has 0 saturated heterocycles. The molecule has 306 valence electrons. The van der Waals surface area contributed by atoms with Gasteiger partial charge in [-0.2, -0.15) is 0 Å². The molecule has 0 aliphatic rings. The standard InChI is InChI=1S/C64H36Br2/c65-63-53-23-9-5-19-47(53)61(48-20-6-10-24-54(48)63)59-39-17-3-1-15-37(39)35-57-43-29-13-27-41(45(43)31-33-51(57)59)42-28-14-30-44-46(42)32-34-52-58(44)36-38-16-2-4-18-40(38)60(52)62-49-21-7-11-25-55(49)64(66)56-26-12-8-22-50(56)62/h1-36H. The summed E-state index contributed by atoms with van der Waals surface area (Å²) in [7, 11) is 0. The summed E-state index contributed by atoms with van der Waals surface area (Å²) in [6.45, 7) is 0. The van der Waals surface area contributed by atoms with Crippen molar-refractivity contribution in [2.24, 2.45) is 0 Å². The van der Waals surface area contributed by atoms with Gasteiger partial charge in [0, 0.05) is 8.95 Å². The second-order valence-corrected chi connectivity index (χ2v) is 19.2. The van der Waals surface area contributed by atoms with Crippen LogP contribution in [0.1, 0.15) is 0 Å². The van der Waals surface area contributed by atoms with Crippen LogP contribution in [0.25, 0.3) is 141 Å². The molecule has 0 radical (unpaired) electrons. The van der Waals surface area contributed by atoms with Crippen LogP contribution in [-0.2, 0) is 0 Å². The summed E-state index contributed by atoms with van der Waals surface area (Å²) < 4.78 is 2.28. The van der Waals surface area contributed by atoms with Crippen LogP contribution in [0, 0.1) is 0 Å². The molecule has 0 aromatic heterocycles. The Balaban J connectivity index is 1.05. The Morgan fingerprint density at radius 3 is 0.803 bits per heavy atom. The quantitative estimate of drug-likeness (QED) is 0.122. The summed E-state index contributed by atoms with van der Waals surface area (Å²) >= 11 is 8.05. The highest BCUT2D eigenvalue weighted by atomic mass is 79.9. The van der Waals surface area contributed by atoms with Crippen molar-refractivity contribution in [1.82, 2.24) is 0 Å². The average Bonchev–Trinajstić information content (AvgIpc) is 3.38. The summed E-state index contributed by atoms with van der Waals surface area (Å²) in [5.41, 5.74) is 7.58. The van der Waals surface area contributed by atoms with Crippen molar-refractivity contribution in [1.29, 1.82) is 0 Å². The first-order chi connectivity index (χ1) is 32.6. The Bertz CT molecular complexity index is 4030.